The lowest BCUT2D eigenvalue weighted by molar-refractivity contribution is -0.126. The fourth-order valence-electron chi connectivity index (χ4n) is 4.92. The molecule has 0 spiro atoms. The first-order chi connectivity index (χ1) is 15.6. The van der Waals surface area contributed by atoms with Gasteiger partial charge in [-0.05, 0) is 63.4 Å². The molecule has 1 saturated carbocycles. The molecule has 2 amide bonds. The van der Waals surface area contributed by atoms with Crippen molar-refractivity contribution in [2.24, 2.45) is 5.92 Å². The van der Waals surface area contributed by atoms with Crippen LogP contribution in [-0.4, -0.2) is 72.4 Å². The van der Waals surface area contributed by atoms with E-state index in [1.165, 1.54) is 37.7 Å². The molecule has 7 heteroatoms. The number of carbonyl (C=O) groups excluding carboxylic acids is 2. The standard InChI is InChI=1S/C25H41N5O2/c1-29(23-7-3-2-4-8-23)19-16-28-25(32)22-6-5-17-30(18-12-24(31)27-15-11-22)20-21-9-13-26-14-10-21/h9-10,13-14,22-23H,2-8,11-12,15-20H2,1H3,(H,27,31)(H,28,32). The Labute approximate surface area is 193 Å². The van der Waals surface area contributed by atoms with Crippen LogP contribution in [0.1, 0.15) is 63.4 Å². The van der Waals surface area contributed by atoms with Crippen LogP contribution in [-0.2, 0) is 16.1 Å². The van der Waals surface area contributed by atoms with Crippen molar-refractivity contribution in [1.82, 2.24) is 25.4 Å². The second kappa shape index (κ2) is 13.5. The molecule has 2 fully saturated rings. The molecule has 1 aliphatic heterocycles. The first-order valence-corrected chi connectivity index (χ1v) is 12.5. The Morgan fingerprint density at radius 1 is 1.12 bits per heavy atom. The molecule has 32 heavy (non-hydrogen) atoms. The van der Waals surface area contributed by atoms with Gasteiger partial charge in [0.2, 0.25) is 11.8 Å². The number of nitrogens with one attached hydrogen (secondary N) is 2. The van der Waals surface area contributed by atoms with E-state index in [0.717, 1.165) is 39.0 Å². The Balaban J connectivity index is 1.46. The average molecular weight is 444 g/mol. The Morgan fingerprint density at radius 2 is 1.91 bits per heavy atom. The lowest BCUT2D eigenvalue weighted by Gasteiger charge is -2.31. The van der Waals surface area contributed by atoms with E-state index in [0.29, 0.717) is 32.0 Å². The summed E-state index contributed by atoms with van der Waals surface area (Å²) >= 11 is 0. The summed E-state index contributed by atoms with van der Waals surface area (Å²) in [4.78, 5) is 33.9. The zero-order valence-electron chi connectivity index (χ0n) is 19.7. The number of carbonyl (C=O) groups is 2. The third-order valence-corrected chi connectivity index (χ3v) is 6.99. The van der Waals surface area contributed by atoms with Crippen molar-refractivity contribution < 1.29 is 9.59 Å². The number of aromatic nitrogens is 1. The van der Waals surface area contributed by atoms with Crippen LogP contribution < -0.4 is 10.6 Å². The van der Waals surface area contributed by atoms with E-state index in [1.54, 1.807) is 12.4 Å². The van der Waals surface area contributed by atoms with Crippen LogP contribution in [0.15, 0.2) is 24.5 Å². The zero-order valence-corrected chi connectivity index (χ0v) is 19.7. The van der Waals surface area contributed by atoms with Crippen LogP contribution in [0.3, 0.4) is 0 Å². The van der Waals surface area contributed by atoms with Crippen molar-refractivity contribution in [1.29, 1.82) is 0 Å². The number of amides is 2. The molecular formula is C25H41N5O2. The highest BCUT2D eigenvalue weighted by atomic mass is 16.2. The quantitative estimate of drug-likeness (QED) is 0.677. The van der Waals surface area contributed by atoms with Gasteiger partial charge >= 0.3 is 0 Å². The van der Waals surface area contributed by atoms with Gasteiger partial charge in [0.25, 0.3) is 0 Å². The first kappa shape index (κ1) is 24.6. The number of hydrogen-bond acceptors (Lipinski definition) is 5. The molecule has 1 aromatic rings. The summed E-state index contributed by atoms with van der Waals surface area (Å²) in [6, 6.07) is 4.71. The molecule has 1 saturated heterocycles. The molecule has 2 aliphatic rings. The molecule has 0 aromatic carbocycles. The van der Waals surface area contributed by atoms with Crippen molar-refractivity contribution in [3.05, 3.63) is 30.1 Å². The van der Waals surface area contributed by atoms with E-state index in [4.69, 9.17) is 0 Å². The smallest absolute Gasteiger partial charge is 0.223 e. The minimum atomic E-state index is -0.0452. The Hall–Kier alpha value is -1.99. The van der Waals surface area contributed by atoms with E-state index in [1.807, 2.05) is 12.1 Å². The Bertz CT molecular complexity index is 693. The maximum absolute atomic E-state index is 12.9. The maximum atomic E-state index is 12.9. The van der Waals surface area contributed by atoms with Gasteiger partial charge in [-0.1, -0.05) is 19.3 Å². The van der Waals surface area contributed by atoms with Crippen molar-refractivity contribution >= 4 is 11.8 Å². The van der Waals surface area contributed by atoms with Gasteiger partial charge in [0.1, 0.15) is 0 Å². The number of rotatable bonds is 7. The molecule has 2 N–H and O–H groups in total. The summed E-state index contributed by atoms with van der Waals surface area (Å²) in [5.41, 5.74) is 1.20. The maximum Gasteiger partial charge on any atom is 0.223 e. The normalized spacial score (nSPS) is 22.2. The summed E-state index contributed by atoms with van der Waals surface area (Å²) in [5.74, 6) is 0.160. The molecule has 1 aliphatic carbocycles. The second-order valence-electron chi connectivity index (χ2n) is 9.42. The molecule has 7 nitrogen and oxygen atoms in total. The molecule has 0 radical (unpaired) electrons. The minimum absolute atomic E-state index is 0.0452. The summed E-state index contributed by atoms with van der Waals surface area (Å²) in [6.07, 6.45) is 13.2. The Morgan fingerprint density at radius 3 is 2.69 bits per heavy atom. The van der Waals surface area contributed by atoms with Crippen LogP contribution >= 0.6 is 0 Å². The van der Waals surface area contributed by atoms with Crippen LogP contribution in [0, 0.1) is 5.92 Å². The molecule has 1 aromatic heterocycles. The summed E-state index contributed by atoms with van der Waals surface area (Å²) in [5, 5.41) is 6.17. The van der Waals surface area contributed by atoms with Gasteiger partial charge in [0.05, 0.1) is 0 Å². The molecule has 1 unspecified atom stereocenters. The van der Waals surface area contributed by atoms with E-state index >= 15 is 0 Å². The third-order valence-electron chi connectivity index (χ3n) is 6.99. The second-order valence-corrected chi connectivity index (χ2v) is 9.42. The number of hydrogen-bond donors (Lipinski definition) is 2. The highest BCUT2D eigenvalue weighted by Crippen LogP contribution is 2.21. The SMILES string of the molecule is CN(CCNC(=O)C1CCCN(Cc2ccncc2)CCC(=O)NCC1)C1CCCCC1. The fourth-order valence-corrected chi connectivity index (χ4v) is 4.92. The summed E-state index contributed by atoms with van der Waals surface area (Å²) in [7, 11) is 2.18. The van der Waals surface area contributed by atoms with Gasteiger partial charge < -0.3 is 15.5 Å². The molecule has 3 rings (SSSR count). The summed E-state index contributed by atoms with van der Waals surface area (Å²) in [6.45, 7) is 4.61. The molecule has 0 bridgehead atoms. The predicted octanol–water partition coefficient (Wildman–Crippen LogP) is 2.57. The van der Waals surface area contributed by atoms with E-state index in [-0.39, 0.29) is 17.7 Å². The monoisotopic (exact) mass is 443 g/mol. The van der Waals surface area contributed by atoms with Crippen molar-refractivity contribution in [2.75, 3.05) is 39.8 Å². The van der Waals surface area contributed by atoms with Gasteiger partial charge in [-0.3, -0.25) is 19.5 Å². The third kappa shape index (κ3) is 8.51. The molecule has 178 valence electrons. The topological polar surface area (TPSA) is 77.6 Å². The van der Waals surface area contributed by atoms with Crippen molar-refractivity contribution in [2.45, 2.75) is 70.4 Å². The largest absolute Gasteiger partial charge is 0.356 e. The van der Waals surface area contributed by atoms with Crippen molar-refractivity contribution in [3.63, 3.8) is 0 Å². The minimum Gasteiger partial charge on any atom is -0.356 e. The van der Waals surface area contributed by atoms with Crippen LogP contribution in [0.4, 0.5) is 0 Å². The van der Waals surface area contributed by atoms with Gasteiger partial charge in [-0.25, -0.2) is 0 Å². The Kier molecular flexibility index (Phi) is 10.4. The highest BCUT2D eigenvalue weighted by Gasteiger charge is 2.21. The molecule has 1 atom stereocenters. The first-order valence-electron chi connectivity index (χ1n) is 12.5. The molecule has 2 heterocycles. The van der Waals surface area contributed by atoms with Gasteiger partial charge in [-0.15, -0.1) is 0 Å². The van der Waals surface area contributed by atoms with Gasteiger partial charge in [0.15, 0.2) is 0 Å². The molecular weight excluding hydrogens is 402 g/mol. The lowest BCUT2D eigenvalue weighted by atomic mass is 9.94. The van der Waals surface area contributed by atoms with Crippen molar-refractivity contribution in [3.8, 4) is 0 Å². The van der Waals surface area contributed by atoms with E-state index in [9.17, 15) is 9.59 Å². The lowest BCUT2D eigenvalue weighted by Crippen LogP contribution is -2.41. The van der Waals surface area contributed by atoms with Crippen LogP contribution in [0.2, 0.25) is 0 Å². The van der Waals surface area contributed by atoms with E-state index in [2.05, 4.69) is 32.5 Å². The van der Waals surface area contributed by atoms with Crippen LogP contribution in [0.25, 0.3) is 0 Å². The van der Waals surface area contributed by atoms with Gasteiger partial charge in [-0.2, -0.15) is 0 Å². The zero-order chi connectivity index (χ0) is 22.6. The predicted molar refractivity (Wildman–Crippen MR) is 127 cm³/mol. The number of pyridine rings is 1. The summed E-state index contributed by atoms with van der Waals surface area (Å²) < 4.78 is 0. The van der Waals surface area contributed by atoms with E-state index < -0.39 is 0 Å². The fraction of sp³-hybridized carbons (Fsp3) is 0.720. The average Bonchev–Trinajstić information content (AvgIpc) is 2.86. The number of nitrogens with zero attached hydrogens (tertiary/aromatic N) is 3. The van der Waals surface area contributed by atoms with Gasteiger partial charge in [0, 0.05) is 63.5 Å². The van der Waals surface area contributed by atoms with Crippen LogP contribution in [0.5, 0.6) is 0 Å². The highest BCUT2D eigenvalue weighted by molar-refractivity contribution is 5.79. The number of likely N-dealkylation sites (N-methyl/N-ethyl adjacent to an activating group) is 1.